The summed E-state index contributed by atoms with van der Waals surface area (Å²) in [6.07, 6.45) is 1.47. The van der Waals surface area contributed by atoms with Crippen LogP contribution in [0.1, 0.15) is 11.1 Å². The third-order valence-corrected chi connectivity index (χ3v) is 5.36. The van der Waals surface area contributed by atoms with Gasteiger partial charge in [0.05, 0.1) is 5.69 Å². The zero-order valence-electron chi connectivity index (χ0n) is 13.4. The molecule has 0 spiro atoms. The van der Waals surface area contributed by atoms with Crippen LogP contribution in [0.4, 0.5) is 10.1 Å². The Morgan fingerprint density at radius 2 is 1.92 bits per heavy atom. The van der Waals surface area contributed by atoms with Gasteiger partial charge in [-0.3, -0.25) is 9.52 Å². The number of nitrogens with one attached hydrogen (secondary N) is 1. The van der Waals surface area contributed by atoms with Gasteiger partial charge in [0.1, 0.15) is 5.82 Å². The van der Waals surface area contributed by atoms with Crippen LogP contribution in [0.2, 0.25) is 0 Å². The van der Waals surface area contributed by atoms with Crippen molar-refractivity contribution in [2.75, 3.05) is 18.8 Å². The van der Waals surface area contributed by atoms with Gasteiger partial charge in [-0.05, 0) is 23.3 Å². The molecule has 0 unspecified atom stereocenters. The third kappa shape index (κ3) is 4.22. The molecule has 1 aromatic heterocycles. The van der Waals surface area contributed by atoms with Gasteiger partial charge in [0.15, 0.2) is 0 Å². The fourth-order valence-corrected chi connectivity index (χ4v) is 2.98. The Morgan fingerprint density at radius 3 is 2.50 bits per heavy atom. The highest BCUT2D eigenvalue weighted by Crippen LogP contribution is 2.22. The van der Waals surface area contributed by atoms with E-state index in [2.05, 4.69) is 20.7 Å². The molecule has 0 radical (unpaired) electrons. The van der Waals surface area contributed by atoms with E-state index in [0.29, 0.717) is 15.6 Å². The number of benzene rings is 1. The largest absolute Gasteiger partial charge is 0.316 e. The minimum Gasteiger partial charge on any atom is -0.316 e. The van der Waals surface area contributed by atoms with Gasteiger partial charge in [-0.25, -0.2) is 4.39 Å². The number of aryl methyl sites for hydroxylation is 1. The molecule has 0 aliphatic heterocycles. The Kier molecular flexibility index (Phi) is 5.46. The third-order valence-electron chi connectivity index (χ3n) is 3.43. The molecule has 1 aromatic carbocycles. The van der Waals surface area contributed by atoms with Crippen molar-refractivity contribution in [1.82, 2.24) is 8.87 Å². The van der Waals surface area contributed by atoms with Gasteiger partial charge in [-0.1, -0.05) is 22.0 Å². The summed E-state index contributed by atoms with van der Waals surface area (Å²) in [5.41, 5.74) is 0.671. The summed E-state index contributed by atoms with van der Waals surface area (Å²) >= 11 is 3.18. The number of hydrogen-bond acceptors (Lipinski definition) is 3. The zero-order chi connectivity index (χ0) is 18.1. The van der Waals surface area contributed by atoms with Crippen LogP contribution in [-0.2, 0) is 23.7 Å². The number of halogens is 2. The topological polar surface area (TPSA) is 71.4 Å². The molecular formula is C15H17BrFN3O3S. The molecule has 24 heavy (non-hydrogen) atoms. The first kappa shape index (κ1) is 18.6. The van der Waals surface area contributed by atoms with E-state index in [9.17, 15) is 17.6 Å². The van der Waals surface area contributed by atoms with Gasteiger partial charge in [0.25, 0.3) is 5.56 Å². The Bertz CT molecular complexity index is 926. The van der Waals surface area contributed by atoms with Gasteiger partial charge in [0, 0.05) is 44.3 Å². The molecule has 0 amide bonds. The zero-order valence-corrected chi connectivity index (χ0v) is 15.8. The highest BCUT2D eigenvalue weighted by Gasteiger charge is 2.17. The Morgan fingerprint density at radius 1 is 1.25 bits per heavy atom. The predicted molar refractivity (Wildman–Crippen MR) is 94.8 cm³/mol. The summed E-state index contributed by atoms with van der Waals surface area (Å²) in [6, 6.07) is 5.89. The lowest BCUT2D eigenvalue weighted by atomic mass is 10.0. The standard InChI is InChI=1S/C15H17BrFN3O3S/c1-19(2)24(22,23)18-14-9-20(3)15(21)7-11(14)6-10-4-5-12(16)8-13(10)17/h4-5,7-9,18H,6H2,1-3H3. The minimum atomic E-state index is -3.75. The highest BCUT2D eigenvalue weighted by molar-refractivity contribution is 9.10. The van der Waals surface area contributed by atoms with Crippen molar-refractivity contribution >= 4 is 31.8 Å². The van der Waals surface area contributed by atoms with E-state index in [0.717, 1.165) is 4.31 Å². The fraction of sp³-hybridized carbons (Fsp3) is 0.267. The van der Waals surface area contributed by atoms with E-state index in [-0.39, 0.29) is 17.7 Å². The van der Waals surface area contributed by atoms with Crippen LogP contribution in [0.3, 0.4) is 0 Å². The maximum Gasteiger partial charge on any atom is 0.301 e. The Hall–Kier alpha value is -1.71. The molecule has 0 atom stereocenters. The Balaban J connectivity index is 2.49. The van der Waals surface area contributed by atoms with E-state index in [1.165, 1.54) is 44.0 Å². The van der Waals surface area contributed by atoms with Crippen LogP contribution in [0, 0.1) is 5.82 Å². The van der Waals surface area contributed by atoms with E-state index in [1.807, 2.05) is 0 Å². The molecule has 9 heteroatoms. The van der Waals surface area contributed by atoms with Crippen LogP contribution in [-0.4, -0.2) is 31.4 Å². The van der Waals surface area contributed by atoms with Crippen LogP contribution in [0.5, 0.6) is 0 Å². The van der Waals surface area contributed by atoms with Gasteiger partial charge in [0.2, 0.25) is 0 Å². The van der Waals surface area contributed by atoms with Crippen molar-refractivity contribution in [3.63, 3.8) is 0 Å². The van der Waals surface area contributed by atoms with E-state index < -0.39 is 16.0 Å². The molecule has 130 valence electrons. The van der Waals surface area contributed by atoms with Gasteiger partial charge < -0.3 is 4.57 Å². The summed E-state index contributed by atoms with van der Waals surface area (Å²) in [4.78, 5) is 11.9. The second-order valence-corrected chi connectivity index (χ2v) is 8.26. The molecular weight excluding hydrogens is 401 g/mol. The summed E-state index contributed by atoms with van der Waals surface area (Å²) < 4.78 is 43.5. The molecule has 2 rings (SSSR count). The smallest absolute Gasteiger partial charge is 0.301 e. The molecule has 0 aliphatic carbocycles. The summed E-state index contributed by atoms with van der Waals surface area (Å²) in [6.45, 7) is 0. The lowest BCUT2D eigenvalue weighted by Gasteiger charge is -2.17. The first-order valence-corrected chi connectivity index (χ1v) is 9.17. The first-order chi connectivity index (χ1) is 11.1. The number of pyridine rings is 1. The molecule has 1 N–H and O–H groups in total. The molecule has 0 aliphatic rings. The van der Waals surface area contributed by atoms with Crippen molar-refractivity contribution in [1.29, 1.82) is 0 Å². The fourth-order valence-electron chi connectivity index (χ4n) is 2.01. The summed E-state index contributed by atoms with van der Waals surface area (Å²) in [5, 5.41) is 0. The average molecular weight is 418 g/mol. The molecule has 2 aromatic rings. The number of nitrogens with zero attached hydrogens (tertiary/aromatic N) is 2. The normalized spacial score (nSPS) is 11.8. The summed E-state index contributed by atoms with van der Waals surface area (Å²) in [5.74, 6) is -0.438. The second-order valence-electron chi connectivity index (χ2n) is 5.46. The van der Waals surface area contributed by atoms with Gasteiger partial charge >= 0.3 is 10.2 Å². The average Bonchev–Trinajstić information content (AvgIpc) is 2.46. The predicted octanol–water partition coefficient (Wildman–Crippen LogP) is 2.10. The van der Waals surface area contributed by atoms with Crippen molar-refractivity contribution in [3.8, 4) is 0 Å². The molecule has 0 bridgehead atoms. The van der Waals surface area contributed by atoms with Crippen LogP contribution in [0.25, 0.3) is 0 Å². The SMILES string of the molecule is CN(C)S(=O)(=O)Nc1cn(C)c(=O)cc1Cc1ccc(Br)cc1F. The Labute approximate surface area is 148 Å². The van der Waals surface area contributed by atoms with Crippen molar-refractivity contribution in [2.24, 2.45) is 7.05 Å². The lowest BCUT2D eigenvalue weighted by Crippen LogP contribution is -2.30. The van der Waals surface area contributed by atoms with E-state index in [1.54, 1.807) is 12.1 Å². The molecule has 1 heterocycles. The quantitative estimate of drug-likeness (QED) is 0.809. The van der Waals surface area contributed by atoms with Gasteiger partial charge in [-0.2, -0.15) is 12.7 Å². The summed E-state index contributed by atoms with van der Waals surface area (Å²) in [7, 11) is 0.542. The van der Waals surface area contributed by atoms with Crippen LogP contribution < -0.4 is 10.3 Å². The first-order valence-electron chi connectivity index (χ1n) is 6.94. The lowest BCUT2D eigenvalue weighted by molar-refractivity contribution is 0.526. The highest BCUT2D eigenvalue weighted by atomic mass is 79.9. The van der Waals surface area contributed by atoms with Crippen molar-refractivity contribution in [3.05, 3.63) is 62.2 Å². The number of aromatic nitrogens is 1. The number of anilines is 1. The number of hydrogen-bond donors (Lipinski definition) is 1. The molecule has 0 saturated heterocycles. The van der Waals surface area contributed by atoms with Crippen LogP contribution in [0.15, 0.2) is 39.7 Å². The maximum atomic E-state index is 14.1. The van der Waals surface area contributed by atoms with E-state index >= 15 is 0 Å². The van der Waals surface area contributed by atoms with E-state index in [4.69, 9.17) is 0 Å². The maximum absolute atomic E-state index is 14.1. The second kappa shape index (κ2) is 7.04. The monoisotopic (exact) mass is 417 g/mol. The number of rotatable bonds is 5. The molecule has 0 fully saturated rings. The molecule has 6 nitrogen and oxygen atoms in total. The van der Waals surface area contributed by atoms with Crippen molar-refractivity contribution in [2.45, 2.75) is 6.42 Å². The molecule has 0 saturated carbocycles. The van der Waals surface area contributed by atoms with Crippen molar-refractivity contribution < 1.29 is 12.8 Å². The van der Waals surface area contributed by atoms with Crippen LogP contribution >= 0.6 is 15.9 Å². The van der Waals surface area contributed by atoms with Gasteiger partial charge in [-0.15, -0.1) is 0 Å². The minimum absolute atomic E-state index is 0.0838.